The van der Waals surface area contributed by atoms with Crippen molar-refractivity contribution in [2.45, 2.75) is 61.8 Å². The predicted octanol–water partition coefficient (Wildman–Crippen LogP) is 12.3. The van der Waals surface area contributed by atoms with Crippen molar-refractivity contribution >= 4 is 32.7 Å². The van der Waals surface area contributed by atoms with E-state index in [2.05, 4.69) is 137 Å². The molecule has 263 valence electrons. The van der Waals surface area contributed by atoms with Gasteiger partial charge in [-0.25, -0.2) is 0 Å². The molecule has 0 aliphatic heterocycles. The standard InChI is InChI=1S/C27H25N2O.C20H18N.Ir/c1-16-15-29-23(13-19(16)14-27(3,4)5)22-8-6-7-20-21-10-9-18-11-12-28-17(2)24(18)26(21)30-25(20)22;1-14-9-10-18(20-11-15(2)16(3)13-21-20)12-19(14)17-7-5-4-6-8-17;/h6-7,9-13,15H,14H2,1-5H3;4-9,11-13H,1-3H3;/q2*-1;. The van der Waals surface area contributed by atoms with E-state index in [0.717, 1.165) is 67.3 Å². The number of fused-ring (bicyclic) bond motifs is 5. The second kappa shape index (κ2) is 14.9. The second-order valence-corrected chi connectivity index (χ2v) is 14.8. The van der Waals surface area contributed by atoms with E-state index in [4.69, 9.17) is 9.40 Å². The zero-order chi connectivity index (χ0) is 35.9. The molecule has 4 aromatic heterocycles. The molecule has 8 aromatic rings. The second-order valence-electron chi connectivity index (χ2n) is 14.8. The van der Waals surface area contributed by atoms with Gasteiger partial charge in [0, 0.05) is 55.2 Å². The van der Waals surface area contributed by atoms with Gasteiger partial charge in [0.25, 0.3) is 0 Å². The fourth-order valence-corrected chi connectivity index (χ4v) is 6.69. The van der Waals surface area contributed by atoms with Gasteiger partial charge in [-0.3, -0.25) is 4.98 Å². The van der Waals surface area contributed by atoms with E-state index in [1.54, 1.807) is 0 Å². The molecular formula is C47H43IrN3O-2. The topological polar surface area (TPSA) is 51.8 Å². The Labute approximate surface area is 320 Å². The normalized spacial score (nSPS) is 11.4. The number of aryl methyl sites for hydroxylation is 5. The van der Waals surface area contributed by atoms with Crippen molar-refractivity contribution in [3.05, 3.63) is 149 Å². The van der Waals surface area contributed by atoms with Crippen LogP contribution in [0.4, 0.5) is 0 Å². The minimum Gasteiger partial charge on any atom is -0.500 e. The fourth-order valence-electron chi connectivity index (χ4n) is 6.69. The maximum absolute atomic E-state index is 6.49. The first kappa shape index (κ1) is 36.8. The van der Waals surface area contributed by atoms with Gasteiger partial charge in [-0.1, -0.05) is 110 Å². The number of aromatic nitrogens is 3. The molecule has 0 saturated carbocycles. The zero-order valence-electron chi connectivity index (χ0n) is 31.1. The first-order valence-electron chi connectivity index (χ1n) is 17.6. The van der Waals surface area contributed by atoms with Crippen LogP contribution in [0.2, 0.25) is 0 Å². The zero-order valence-corrected chi connectivity index (χ0v) is 33.5. The summed E-state index contributed by atoms with van der Waals surface area (Å²) in [5.41, 5.74) is 15.5. The molecule has 0 unspecified atom stereocenters. The molecule has 0 aliphatic carbocycles. The van der Waals surface area contributed by atoms with Crippen LogP contribution in [0, 0.1) is 52.2 Å². The summed E-state index contributed by atoms with van der Waals surface area (Å²) in [6.45, 7) is 17.3. The summed E-state index contributed by atoms with van der Waals surface area (Å²) >= 11 is 0. The van der Waals surface area contributed by atoms with Crippen molar-refractivity contribution in [1.82, 2.24) is 15.0 Å². The van der Waals surface area contributed by atoms with Crippen LogP contribution in [0.5, 0.6) is 0 Å². The average molecular weight is 858 g/mol. The van der Waals surface area contributed by atoms with E-state index >= 15 is 0 Å². The number of furan rings is 1. The third-order valence-corrected chi connectivity index (χ3v) is 9.60. The van der Waals surface area contributed by atoms with Crippen LogP contribution in [-0.4, -0.2) is 15.0 Å². The van der Waals surface area contributed by atoms with Crippen molar-refractivity contribution < 1.29 is 24.5 Å². The number of rotatable bonds is 4. The summed E-state index contributed by atoms with van der Waals surface area (Å²) in [5, 5.41) is 4.40. The first-order chi connectivity index (χ1) is 24.5. The maximum Gasteiger partial charge on any atom is 0.130 e. The van der Waals surface area contributed by atoms with E-state index in [-0.39, 0.29) is 25.5 Å². The molecule has 4 aromatic carbocycles. The van der Waals surface area contributed by atoms with Crippen molar-refractivity contribution in [2.75, 3.05) is 0 Å². The van der Waals surface area contributed by atoms with E-state index in [9.17, 15) is 0 Å². The summed E-state index contributed by atoms with van der Waals surface area (Å²) in [6.07, 6.45) is 6.74. The molecule has 0 saturated heterocycles. The van der Waals surface area contributed by atoms with E-state index in [0.29, 0.717) is 0 Å². The molecule has 52 heavy (non-hydrogen) atoms. The molecule has 5 heteroatoms. The molecule has 0 amide bonds. The fraction of sp³-hybridized carbons (Fsp3) is 0.213. The Morgan fingerprint density at radius 3 is 2.15 bits per heavy atom. The van der Waals surface area contributed by atoms with Crippen LogP contribution in [0.3, 0.4) is 0 Å². The number of pyridine rings is 3. The molecular weight excluding hydrogens is 815 g/mol. The Balaban J connectivity index is 0.000000186. The van der Waals surface area contributed by atoms with Gasteiger partial charge in [0.15, 0.2) is 0 Å². The Kier molecular flexibility index (Phi) is 10.6. The smallest absolute Gasteiger partial charge is 0.130 e. The Hall–Kier alpha value is -4.96. The van der Waals surface area contributed by atoms with Crippen LogP contribution in [0.25, 0.3) is 66.4 Å². The Morgan fingerprint density at radius 1 is 0.673 bits per heavy atom. The van der Waals surface area contributed by atoms with Gasteiger partial charge in [-0.05, 0) is 79.1 Å². The number of hydrogen-bond acceptors (Lipinski definition) is 4. The summed E-state index contributed by atoms with van der Waals surface area (Å²) in [7, 11) is 0. The van der Waals surface area contributed by atoms with E-state index in [1.165, 1.54) is 38.9 Å². The molecule has 0 aliphatic rings. The number of hydrogen-bond donors (Lipinski definition) is 0. The largest absolute Gasteiger partial charge is 0.500 e. The van der Waals surface area contributed by atoms with Gasteiger partial charge in [0.1, 0.15) is 5.58 Å². The quantitative estimate of drug-likeness (QED) is 0.165. The summed E-state index contributed by atoms with van der Waals surface area (Å²) in [5.74, 6) is 0. The first-order valence-corrected chi connectivity index (χ1v) is 17.6. The number of nitrogens with zero attached hydrogens (tertiary/aromatic N) is 3. The molecule has 0 bridgehead atoms. The molecule has 8 rings (SSSR count). The van der Waals surface area contributed by atoms with Crippen LogP contribution in [-0.2, 0) is 26.5 Å². The van der Waals surface area contributed by atoms with Crippen LogP contribution in [0.15, 0.2) is 108 Å². The molecule has 0 N–H and O–H groups in total. The van der Waals surface area contributed by atoms with Crippen LogP contribution < -0.4 is 0 Å². The predicted molar refractivity (Wildman–Crippen MR) is 212 cm³/mol. The molecule has 4 heterocycles. The van der Waals surface area contributed by atoms with Crippen molar-refractivity contribution in [2.24, 2.45) is 5.41 Å². The van der Waals surface area contributed by atoms with E-state index in [1.807, 2.05) is 43.7 Å². The maximum atomic E-state index is 6.49. The van der Waals surface area contributed by atoms with E-state index < -0.39 is 0 Å². The summed E-state index contributed by atoms with van der Waals surface area (Å²) in [4.78, 5) is 13.8. The molecule has 0 atom stereocenters. The van der Waals surface area contributed by atoms with Gasteiger partial charge < -0.3 is 14.4 Å². The monoisotopic (exact) mass is 858 g/mol. The van der Waals surface area contributed by atoms with Crippen molar-refractivity contribution in [1.29, 1.82) is 0 Å². The third-order valence-electron chi connectivity index (χ3n) is 9.60. The van der Waals surface area contributed by atoms with Crippen LogP contribution in [0.1, 0.15) is 54.3 Å². The molecule has 0 spiro atoms. The SMILES string of the molecule is Cc1cnc(-c2[c-]cc(C)c(-c3ccccc3)c2)cc1C.Cc1cnc(-c2[c-]ccc3c2oc2c3ccc3ccnc(C)c32)cc1CC(C)(C)C.[Ir]. The average Bonchev–Trinajstić information content (AvgIpc) is 3.50. The van der Waals surface area contributed by atoms with Gasteiger partial charge in [-0.15, -0.1) is 47.5 Å². The summed E-state index contributed by atoms with van der Waals surface area (Å²) < 4.78 is 6.49. The third kappa shape index (κ3) is 7.48. The molecule has 0 fully saturated rings. The summed E-state index contributed by atoms with van der Waals surface area (Å²) in [6, 6.07) is 36.1. The minimum atomic E-state index is 0. The van der Waals surface area contributed by atoms with Gasteiger partial charge >= 0.3 is 0 Å². The minimum absolute atomic E-state index is 0. The van der Waals surface area contributed by atoms with Gasteiger partial charge in [0.05, 0.1) is 5.58 Å². The Bertz CT molecular complexity index is 2540. The molecule has 4 nitrogen and oxygen atoms in total. The van der Waals surface area contributed by atoms with Gasteiger partial charge in [0.2, 0.25) is 0 Å². The van der Waals surface area contributed by atoms with Crippen molar-refractivity contribution in [3.63, 3.8) is 0 Å². The van der Waals surface area contributed by atoms with Gasteiger partial charge in [-0.2, -0.15) is 0 Å². The van der Waals surface area contributed by atoms with Crippen LogP contribution >= 0.6 is 0 Å². The molecule has 1 radical (unpaired) electrons. The Morgan fingerprint density at radius 2 is 1.40 bits per heavy atom. The number of benzene rings is 4. The van der Waals surface area contributed by atoms with Crippen molar-refractivity contribution in [3.8, 4) is 33.6 Å².